The van der Waals surface area contributed by atoms with Crippen molar-refractivity contribution >= 4 is 19.6 Å². The van der Waals surface area contributed by atoms with E-state index in [1.807, 2.05) is 6.07 Å². The molecule has 0 bridgehead atoms. The predicted octanol–water partition coefficient (Wildman–Crippen LogP) is 0.0730. The summed E-state index contributed by atoms with van der Waals surface area (Å²) in [5, 5.41) is 0. The molecular weight excluding hydrogens is 331 g/mol. The summed E-state index contributed by atoms with van der Waals surface area (Å²) in [4.78, 5) is 41.1. The first-order valence-corrected chi connectivity index (χ1v) is 8.18. The molecular formula is C13H13O9P. The number of phosphoric ester groups is 1. The third-order valence-corrected chi connectivity index (χ3v) is 3.84. The van der Waals surface area contributed by atoms with Crippen LogP contribution in [-0.4, -0.2) is 46.5 Å². The second-order valence-corrected chi connectivity index (χ2v) is 6.18. The lowest BCUT2D eigenvalue weighted by Crippen LogP contribution is -2.36. The van der Waals surface area contributed by atoms with Crippen molar-refractivity contribution in [2.24, 2.45) is 0 Å². The van der Waals surface area contributed by atoms with Gasteiger partial charge in [-0.15, -0.1) is 0 Å². The molecule has 124 valence electrons. The van der Waals surface area contributed by atoms with Crippen LogP contribution in [0.25, 0.3) is 0 Å². The predicted molar refractivity (Wildman–Crippen MR) is 71.8 cm³/mol. The number of esters is 1. The average molecular weight is 344 g/mol. The lowest BCUT2D eigenvalue weighted by atomic mass is 10.1. The molecule has 2 heterocycles. The van der Waals surface area contributed by atoms with Crippen LogP contribution in [0.2, 0.25) is 0 Å². The highest BCUT2D eigenvalue weighted by molar-refractivity contribution is 7.46. The summed E-state index contributed by atoms with van der Waals surface area (Å²) in [5.74, 6) is -2.06. The van der Waals surface area contributed by atoms with Crippen LogP contribution in [0.5, 0.6) is 0 Å². The van der Waals surface area contributed by atoms with E-state index in [4.69, 9.17) is 24.0 Å². The number of Topliss-reactive ketones (excluding diaryl/α,β-unsaturated/α-hetero) is 1. The highest BCUT2D eigenvalue weighted by Gasteiger charge is 2.52. The summed E-state index contributed by atoms with van der Waals surface area (Å²) in [5.41, 5.74) is 0.731. The lowest BCUT2D eigenvalue weighted by Gasteiger charge is -2.15. The monoisotopic (exact) mass is 344 g/mol. The molecule has 0 aromatic heterocycles. The first-order valence-electron chi connectivity index (χ1n) is 6.65. The lowest BCUT2D eigenvalue weighted by molar-refractivity contribution is -0.152. The maximum absolute atomic E-state index is 12.1. The van der Waals surface area contributed by atoms with Gasteiger partial charge in [0.25, 0.3) is 0 Å². The minimum absolute atomic E-state index is 0.00806. The Morgan fingerprint density at radius 3 is 2.52 bits per heavy atom. The van der Waals surface area contributed by atoms with Crippen molar-refractivity contribution in [3.8, 4) is 0 Å². The highest BCUT2D eigenvalue weighted by atomic mass is 31.2. The van der Waals surface area contributed by atoms with Crippen LogP contribution in [0.3, 0.4) is 0 Å². The van der Waals surface area contributed by atoms with E-state index in [9.17, 15) is 14.2 Å². The summed E-state index contributed by atoms with van der Waals surface area (Å²) in [6.45, 7) is -0.00806. The maximum atomic E-state index is 12.1. The van der Waals surface area contributed by atoms with E-state index in [0.717, 1.165) is 5.56 Å². The molecule has 23 heavy (non-hydrogen) atoms. The van der Waals surface area contributed by atoms with Crippen LogP contribution in [0.4, 0.5) is 0 Å². The second-order valence-electron chi connectivity index (χ2n) is 4.99. The Bertz CT molecular complexity index is 655. The van der Waals surface area contributed by atoms with Gasteiger partial charge in [0, 0.05) is 5.56 Å². The molecule has 1 aromatic carbocycles. The zero-order valence-corrected chi connectivity index (χ0v) is 12.5. The van der Waals surface area contributed by atoms with Gasteiger partial charge in [0.2, 0.25) is 11.9 Å². The van der Waals surface area contributed by atoms with Crippen LogP contribution < -0.4 is 0 Å². The van der Waals surface area contributed by atoms with Crippen LogP contribution in [0, 0.1) is 0 Å². The fraction of sp³-hybridized carbons (Fsp3) is 0.385. The zero-order chi connectivity index (χ0) is 16.6. The van der Waals surface area contributed by atoms with E-state index in [-0.39, 0.29) is 6.61 Å². The number of rotatable bonds is 4. The quantitative estimate of drug-likeness (QED) is 0.443. The minimum Gasteiger partial charge on any atom is -0.449 e. The summed E-state index contributed by atoms with van der Waals surface area (Å²) in [6.07, 6.45) is -4.87. The van der Waals surface area contributed by atoms with Gasteiger partial charge in [-0.2, -0.15) is 0 Å². The van der Waals surface area contributed by atoms with Crippen molar-refractivity contribution in [3.63, 3.8) is 0 Å². The maximum Gasteiger partial charge on any atom is 0.470 e. The highest BCUT2D eigenvalue weighted by Crippen LogP contribution is 2.40. The second kappa shape index (κ2) is 6.12. The Hall–Kier alpha value is -1.61. The summed E-state index contributed by atoms with van der Waals surface area (Å²) < 4.78 is 30.8. The average Bonchev–Trinajstić information content (AvgIpc) is 3.07. The number of benzene rings is 1. The summed E-state index contributed by atoms with van der Waals surface area (Å²) in [6, 6.07) is 8.95. The van der Waals surface area contributed by atoms with Crippen molar-refractivity contribution < 1.29 is 42.7 Å². The summed E-state index contributed by atoms with van der Waals surface area (Å²) in [7, 11) is -5.00. The van der Waals surface area contributed by atoms with E-state index in [2.05, 4.69) is 4.52 Å². The topological polar surface area (TPSA) is 129 Å². The molecule has 9 nitrogen and oxygen atoms in total. The number of carbonyl (C=O) groups is 2. The fourth-order valence-corrected chi connectivity index (χ4v) is 2.83. The number of ether oxygens (including phenoxy) is 3. The Morgan fingerprint density at radius 1 is 1.17 bits per heavy atom. The molecule has 0 aliphatic carbocycles. The molecule has 2 aliphatic rings. The number of phosphoric acid groups is 1. The first kappa shape index (κ1) is 16.3. The molecule has 2 fully saturated rings. The molecule has 4 atom stereocenters. The molecule has 2 saturated heterocycles. The van der Waals surface area contributed by atoms with Gasteiger partial charge in [0.15, 0.2) is 12.4 Å². The minimum atomic E-state index is -5.00. The van der Waals surface area contributed by atoms with Crippen molar-refractivity contribution in [2.75, 3.05) is 6.61 Å². The van der Waals surface area contributed by atoms with Gasteiger partial charge in [-0.3, -0.25) is 9.32 Å². The van der Waals surface area contributed by atoms with Crippen molar-refractivity contribution in [1.82, 2.24) is 0 Å². The van der Waals surface area contributed by atoms with E-state index in [1.165, 1.54) is 0 Å². The molecule has 10 heteroatoms. The molecule has 2 unspecified atom stereocenters. The van der Waals surface area contributed by atoms with Crippen molar-refractivity contribution in [3.05, 3.63) is 35.9 Å². The van der Waals surface area contributed by atoms with Gasteiger partial charge < -0.3 is 24.0 Å². The van der Waals surface area contributed by atoms with Crippen LogP contribution in [0.15, 0.2) is 30.3 Å². The van der Waals surface area contributed by atoms with E-state index < -0.39 is 44.2 Å². The molecule has 2 aliphatic heterocycles. The Balaban J connectivity index is 1.68. The normalized spacial score (nSPS) is 31.4. The first-order chi connectivity index (χ1) is 10.8. The van der Waals surface area contributed by atoms with Crippen LogP contribution in [0.1, 0.15) is 11.9 Å². The third kappa shape index (κ3) is 3.50. The number of cyclic esters (lactones) is 1. The fourth-order valence-electron chi connectivity index (χ4n) is 2.37. The smallest absolute Gasteiger partial charge is 0.449 e. The van der Waals surface area contributed by atoms with E-state index >= 15 is 0 Å². The van der Waals surface area contributed by atoms with Gasteiger partial charge >= 0.3 is 13.8 Å². The molecule has 0 radical (unpaired) electrons. The zero-order valence-electron chi connectivity index (χ0n) is 11.6. The van der Waals surface area contributed by atoms with Gasteiger partial charge in [-0.05, 0) is 0 Å². The van der Waals surface area contributed by atoms with Crippen molar-refractivity contribution in [2.45, 2.75) is 24.6 Å². The van der Waals surface area contributed by atoms with Gasteiger partial charge in [0.05, 0.1) is 6.61 Å². The molecule has 3 rings (SSSR count). The Kier molecular flexibility index (Phi) is 4.33. The largest absolute Gasteiger partial charge is 0.470 e. The van der Waals surface area contributed by atoms with E-state index in [1.54, 1.807) is 24.3 Å². The van der Waals surface area contributed by atoms with Crippen LogP contribution >= 0.6 is 7.82 Å². The SMILES string of the molecule is O=C1O[C@H]([C@@H]2COC(c3ccccc3)O2)C(=O)C1OP(=O)(O)O. The van der Waals surface area contributed by atoms with Gasteiger partial charge in [0.1, 0.15) is 6.10 Å². The number of hydrogen-bond donors (Lipinski definition) is 2. The van der Waals surface area contributed by atoms with Crippen molar-refractivity contribution in [1.29, 1.82) is 0 Å². The standard InChI is InChI=1S/C13H13O9P/c14-9-10(21-12(15)11(9)22-23(16,17)18)8-6-19-13(20-8)7-4-2-1-3-5-7/h1-5,8,10-11,13H,6H2,(H2,16,17,18)/t8-,10+,11?,13?/m0/s1. The number of hydrogen-bond acceptors (Lipinski definition) is 7. The molecule has 2 N–H and O–H groups in total. The Morgan fingerprint density at radius 2 is 1.87 bits per heavy atom. The number of carbonyl (C=O) groups excluding carboxylic acids is 2. The molecule has 0 spiro atoms. The molecule has 1 aromatic rings. The van der Waals surface area contributed by atoms with Gasteiger partial charge in [-0.25, -0.2) is 9.36 Å². The van der Waals surface area contributed by atoms with Gasteiger partial charge in [-0.1, -0.05) is 30.3 Å². The molecule has 0 amide bonds. The third-order valence-electron chi connectivity index (χ3n) is 3.36. The van der Waals surface area contributed by atoms with Crippen LogP contribution in [-0.2, 0) is 32.9 Å². The van der Waals surface area contributed by atoms with E-state index in [0.29, 0.717) is 0 Å². The Labute approximate surface area is 130 Å². The molecule has 0 saturated carbocycles. The summed E-state index contributed by atoms with van der Waals surface area (Å²) >= 11 is 0. The number of ketones is 1.